The van der Waals surface area contributed by atoms with Crippen molar-refractivity contribution in [2.45, 2.75) is 32.8 Å². The predicted molar refractivity (Wildman–Crippen MR) is 39.4 cm³/mol. The number of hydrogen-bond acceptors (Lipinski definition) is 2. The van der Waals surface area contributed by atoms with Crippen LogP contribution in [0.25, 0.3) is 0 Å². The molecule has 0 atom stereocenters. The molecule has 2 nitrogen and oxygen atoms in total. The third-order valence-electron chi connectivity index (χ3n) is 1.41. The maximum absolute atomic E-state index is 11.4. The van der Waals surface area contributed by atoms with Gasteiger partial charge in [0, 0.05) is 0 Å². The normalized spacial score (nSPS) is 19.5. The first-order chi connectivity index (χ1) is 4.93. The van der Waals surface area contributed by atoms with E-state index in [-0.39, 0.29) is 6.10 Å². The number of rotatable bonds is 1. The highest BCUT2D eigenvalue weighted by molar-refractivity contribution is 4.66. The van der Waals surface area contributed by atoms with Gasteiger partial charge >= 0.3 is 0 Å². The quantitative estimate of drug-likeness (QED) is 0.612. The minimum Gasteiger partial charge on any atom is -0.317 e. The van der Waals surface area contributed by atoms with Crippen molar-refractivity contribution < 1.29 is 9.47 Å². The van der Waals surface area contributed by atoms with Crippen LogP contribution in [0.2, 0.25) is 0 Å². The summed E-state index contributed by atoms with van der Waals surface area (Å²) in [5, 5.41) is 3.10. The minimum atomic E-state index is -0.142. The van der Waals surface area contributed by atoms with Gasteiger partial charge in [-0.05, 0) is 30.5 Å². The van der Waals surface area contributed by atoms with Crippen molar-refractivity contribution in [2.75, 3.05) is 13.1 Å². The Morgan fingerprint density at radius 3 is 2.10 bits per heavy atom. The summed E-state index contributed by atoms with van der Waals surface area (Å²) in [5.41, 5.74) is 0. The van der Waals surface area contributed by atoms with Gasteiger partial charge in [0.25, 0.3) is 0 Å². The molecule has 0 unspecified atom stereocenters. The highest BCUT2D eigenvalue weighted by Crippen LogP contribution is 2.06. The molecular formula is C7H16FNO. The van der Waals surface area contributed by atoms with E-state index in [0.29, 0.717) is 0 Å². The lowest BCUT2D eigenvalue weighted by Crippen LogP contribution is -2.31. The van der Waals surface area contributed by atoms with Crippen LogP contribution in [0.15, 0.2) is 0 Å². The lowest BCUT2D eigenvalue weighted by molar-refractivity contribution is -0.185. The van der Waals surface area contributed by atoms with E-state index in [1.165, 1.54) is 0 Å². The molecule has 3 heteroatoms. The summed E-state index contributed by atoms with van der Waals surface area (Å²) in [6.07, 6.45) is 1.46. The summed E-state index contributed by atoms with van der Waals surface area (Å²) in [6, 6.07) is 0. The fraction of sp³-hybridized carbons (Fsp3) is 1.00. The van der Waals surface area contributed by atoms with Gasteiger partial charge in [0.1, 0.15) is 6.10 Å². The van der Waals surface area contributed by atoms with E-state index in [1.807, 2.05) is 13.8 Å². The van der Waals surface area contributed by atoms with Gasteiger partial charge < -0.3 is 5.32 Å². The molecule has 0 radical (unpaired) electrons. The van der Waals surface area contributed by atoms with Crippen molar-refractivity contribution in [1.82, 2.24) is 5.32 Å². The van der Waals surface area contributed by atoms with Gasteiger partial charge in [-0.15, -0.1) is 0 Å². The summed E-state index contributed by atoms with van der Waals surface area (Å²) in [5.74, 6) is 0. The second-order valence-electron chi connectivity index (χ2n) is 2.04. The van der Waals surface area contributed by atoms with Crippen molar-refractivity contribution in [3.05, 3.63) is 0 Å². The zero-order valence-corrected chi connectivity index (χ0v) is 6.69. The van der Waals surface area contributed by atoms with Crippen LogP contribution < -0.4 is 5.32 Å². The van der Waals surface area contributed by atoms with Crippen LogP contribution in [0, 0.1) is 0 Å². The third-order valence-corrected chi connectivity index (χ3v) is 1.41. The molecule has 0 aromatic rings. The molecule has 1 saturated heterocycles. The maximum Gasteiger partial charge on any atom is 0.101 e. The van der Waals surface area contributed by atoms with E-state index in [0.717, 1.165) is 25.9 Å². The molecule has 10 heavy (non-hydrogen) atoms. The molecule has 1 N–H and O–H groups in total. The summed E-state index contributed by atoms with van der Waals surface area (Å²) in [6.45, 7) is 5.77. The predicted octanol–water partition coefficient (Wildman–Crippen LogP) is 1.67. The fourth-order valence-electron chi connectivity index (χ4n) is 0.885. The lowest BCUT2D eigenvalue weighted by atomic mass is 10.1. The number of piperidine rings is 1. The first kappa shape index (κ1) is 9.85. The Hall–Kier alpha value is -0.150. The summed E-state index contributed by atoms with van der Waals surface area (Å²) in [7, 11) is 0. The molecule has 1 heterocycles. The van der Waals surface area contributed by atoms with Gasteiger partial charge in [-0.25, -0.2) is 0 Å². The Balaban J connectivity index is 0.000000371. The molecule has 0 aromatic carbocycles. The molecule has 1 fully saturated rings. The van der Waals surface area contributed by atoms with Gasteiger partial charge in [-0.3, -0.25) is 0 Å². The van der Waals surface area contributed by atoms with E-state index >= 15 is 0 Å². The highest BCUT2D eigenvalue weighted by Gasteiger charge is 2.12. The summed E-state index contributed by atoms with van der Waals surface area (Å²) in [4.78, 5) is 3.65. The minimum absolute atomic E-state index is 0.142. The Labute approximate surface area is 61.7 Å². The third kappa shape index (κ3) is 3.80. The van der Waals surface area contributed by atoms with Crippen LogP contribution in [0.5, 0.6) is 0 Å². The van der Waals surface area contributed by atoms with E-state index in [4.69, 9.17) is 0 Å². The zero-order chi connectivity index (χ0) is 7.82. The van der Waals surface area contributed by atoms with Gasteiger partial charge in [-0.2, -0.15) is 4.94 Å². The number of halogens is 1. The topological polar surface area (TPSA) is 21.3 Å². The molecule has 0 amide bonds. The maximum atomic E-state index is 11.4. The molecule has 0 saturated carbocycles. The second-order valence-corrected chi connectivity index (χ2v) is 2.04. The van der Waals surface area contributed by atoms with Gasteiger partial charge in [0.15, 0.2) is 0 Å². The molecule has 1 rings (SSSR count). The van der Waals surface area contributed by atoms with Crippen molar-refractivity contribution in [3.8, 4) is 0 Å². The van der Waals surface area contributed by atoms with Gasteiger partial charge in [0.05, 0.1) is 0 Å². The fourth-order valence-corrected chi connectivity index (χ4v) is 0.885. The summed E-state index contributed by atoms with van der Waals surface area (Å²) < 4.78 is 11.4. The van der Waals surface area contributed by atoms with Crippen molar-refractivity contribution >= 4 is 0 Å². The SMILES string of the molecule is CC.FOC1CCNCC1. The van der Waals surface area contributed by atoms with Crippen molar-refractivity contribution in [1.29, 1.82) is 0 Å². The van der Waals surface area contributed by atoms with Gasteiger partial charge in [-0.1, -0.05) is 13.8 Å². The molecule has 0 aliphatic carbocycles. The Bertz CT molecular complexity index is 64.6. The average molecular weight is 149 g/mol. The first-order valence-electron chi connectivity index (χ1n) is 3.91. The van der Waals surface area contributed by atoms with Crippen LogP contribution in [0.4, 0.5) is 4.53 Å². The Morgan fingerprint density at radius 1 is 1.30 bits per heavy atom. The number of nitrogens with one attached hydrogen (secondary N) is 1. The van der Waals surface area contributed by atoms with Crippen LogP contribution in [0.3, 0.4) is 0 Å². The van der Waals surface area contributed by atoms with Crippen LogP contribution in [-0.4, -0.2) is 19.2 Å². The average Bonchev–Trinajstić information content (AvgIpc) is 2.10. The smallest absolute Gasteiger partial charge is 0.101 e. The molecule has 62 valence electrons. The highest BCUT2D eigenvalue weighted by atomic mass is 19.3. The molecule has 1 aliphatic rings. The van der Waals surface area contributed by atoms with E-state index in [9.17, 15) is 4.53 Å². The van der Waals surface area contributed by atoms with E-state index < -0.39 is 0 Å². The van der Waals surface area contributed by atoms with Crippen molar-refractivity contribution in [3.63, 3.8) is 0 Å². The lowest BCUT2D eigenvalue weighted by Gasteiger charge is -2.17. The largest absolute Gasteiger partial charge is 0.317 e. The van der Waals surface area contributed by atoms with E-state index in [2.05, 4.69) is 10.3 Å². The van der Waals surface area contributed by atoms with Crippen molar-refractivity contribution in [2.24, 2.45) is 0 Å². The summed E-state index contributed by atoms with van der Waals surface area (Å²) >= 11 is 0. The second kappa shape index (κ2) is 6.96. The Morgan fingerprint density at radius 2 is 1.80 bits per heavy atom. The Kier molecular flexibility index (Phi) is 6.86. The molecular weight excluding hydrogens is 133 g/mol. The first-order valence-corrected chi connectivity index (χ1v) is 3.91. The van der Waals surface area contributed by atoms with Crippen LogP contribution in [0.1, 0.15) is 26.7 Å². The molecule has 0 bridgehead atoms. The zero-order valence-electron chi connectivity index (χ0n) is 6.69. The monoisotopic (exact) mass is 149 g/mol. The molecule has 0 spiro atoms. The van der Waals surface area contributed by atoms with Gasteiger partial charge in [0.2, 0.25) is 0 Å². The standard InChI is InChI=1S/C5H10FNO.C2H6/c6-8-5-1-3-7-4-2-5;1-2/h5,7H,1-4H2;1-2H3. The van der Waals surface area contributed by atoms with Crippen LogP contribution in [-0.2, 0) is 4.94 Å². The number of hydrogen-bond donors (Lipinski definition) is 1. The van der Waals surface area contributed by atoms with E-state index in [1.54, 1.807) is 0 Å². The molecule has 1 aliphatic heterocycles. The van der Waals surface area contributed by atoms with Crippen LogP contribution >= 0.6 is 0 Å². The molecule has 0 aromatic heterocycles.